The lowest BCUT2D eigenvalue weighted by atomic mass is 10.0. The highest BCUT2D eigenvalue weighted by Gasteiger charge is 2.09. The molecule has 4 nitrogen and oxygen atoms in total. The maximum absolute atomic E-state index is 12.1. The van der Waals surface area contributed by atoms with Gasteiger partial charge in [-0.05, 0) is 48.9 Å². The molecule has 0 saturated heterocycles. The summed E-state index contributed by atoms with van der Waals surface area (Å²) in [5.74, 6) is 0.0912. The zero-order valence-corrected chi connectivity index (χ0v) is 17.7. The highest BCUT2D eigenvalue weighted by molar-refractivity contribution is 6.33. The SMILES string of the molecule is Cc1ccc(NC(=O)COc2ccc(C=C(C#N)c3ccccc3Cl)cc2Cl)cc1. The summed E-state index contributed by atoms with van der Waals surface area (Å²) in [5, 5.41) is 13.1. The van der Waals surface area contributed by atoms with Gasteiger partial charge in [-0.1, -0.05) is 65.2 Å². The second-order valence-corrected chi connectivity index (χ2v) is 7.36. The molecule has 0 aliphatic carbocycles. The number of anilines is 1. The maximum Gasteiger partial charge on any atom is 0.262 e. The predicted molar refractivity (Wildman–Crippen MR) is 122 cm³/mol. The first-order valence-corrected chi connectivity index (χ1v) is 9.87. The van der Waals surface area contributed by atoms with Crippen molar-refractivity contribution in [2.45, 2.75) is 6.92 Å². The van der Waals surface area contributed by atoms with Crippen molar-refractivity contribution >= 4 is 46.4 Å². The quantitative estimate of drug-likeness (QED) is 0.359. The second kappa shape index (κ2) is 9.98. The molecule has 6 heteroatoms. The Kier molecular flexibility index (Phi) is 7.13. The molecule has 0 saturated carbocycles. The Morgan fingerprint density at radius 1 is 1.07 bits per heavy atom. The van der Waals surface area contributed by atoms with Crippen molar-refractivity contribution in [2.24, 2.45) is 0 Å². The molecule has 1 N–H and O–H groups in total. The monoisotopic (exact) mass is 436 g/mol. The first-order valence-electron chi connectivity index (χ1n) is 9.12. The van der Waals surface area contributed by atoms with Crippen LogP contribution in [0.15, 0.2) is 66.7 Å². The van der Waals surface area contributed by atoms with Gasteiger partial charge in [0.15, 0.2) is 6.61 Å². The Hall–Kier alpha value is -3.26. The van der Waals surface area contributed by atoms with E-state index in [9.17, 15) is 10.1 Å². The molecule has 3 aromatic carbocycles. The number of amides is 1. The number of nitrogens with zero attached hydrogens (tertiary/aromatic N) is 1. The van der Waals surface area contributed by atoms with Gasteiger partial charge in [0.25, 0.3) is 5.91 Å². The van der Waals surface area contributed by atoms with E-state index in [0.717, 1.165) is 5.56 Å². The third-order valence-corrected chi connectivity index (χ3v) is 4.87. The van der Waals surface area contributed by atoms with Gasteiger partial charge < -0.3 is 10.1 Å². The molecule has 0 aliphatic heterocycles. The summed E-state index contributed by atoms with van der Waals surface area (Å²) in [6, 6.07) is 21.9. The molecule has 0 fully saturated rings. The number of nitrogens with one attached hydrogen (secondary N) is 1. The highest BCUT2D eigenvalue weighted by Crippen LogP contribution is 2.29. The summed E-state index contributed by atoms with van der Waals surface area (Å²) < 4.78 is 5.53. The Labute approximate surface area is 185 Å². The molecule has 1 amide bonds. The van der Waals surface area contributed by atoms with Gasteiger partial charge in [-0.15, -0.1) is 0 Å². The third-order valence-electron chi connectivity index (χ3n) is 4.25. The van der Waals surface area contributed by atoms with E-state index in [0.29, 0.717) is 38.2 Å². The number of benzene rings is 3. The fraction of sp³-hybridized carbons (Fsp3) is 0.0833. The van der Waals surface area contributed by atoms with Crippen molar-refractivity contribution in [3.05, 3.63) is 93.5 Å². The topological polar surface area (TPSA) is 62.1 Å². The molecule has 0 unspecified atom stereocenters. The van der Waals surface area contributed by atoms with E-state index >= 15 is 0 Å². The lowest BCUT2D eigenvalue weighted by Crippen LogP contribution is -2.20. The van der Waals surface area contributed by atoms with Gasteiger partial charge in [-0.3, -0.25) is 4.79 Å². The van der Waals surface area contributed by atoms with Crippen LogP contribution >= 0.6 is 23.2 Å². The summed E-state index contributed by atoms with van der Waals surface area (Å²) in [4.78, 5) is 12.1. The second-order valence-electron chi connectivity index (χ2n) is 6.54. The minimum atomic E-state index is -0.288. The summed E-state index contributed by atoms with van der Waals surface area (Å²) in [6.07, 6.45) is 1.70. The zero-order valence-electron chi connectivity index (χ0n) is 16.2. The average molecular weight is 437 g/mol. The lowest BCUT2D eigenvalue weighted by molar-refractivity contribution is -0.118. The number of ether oxygens (including phenoxy) is 1. The molecule has 3 aromatic rings. The number of rotatable bonds is 6. The summed E-state index contributed by atoms with van der Waals surface area (Å²) >= 11 is 12.5. The van der Waals surface area contributed by atoms with Crippen LogP contribution < -0.4 is 10.1 Å². The van der Waals surface area contributed by atoms with E-state index in [1.54, 1.807) is 42.5 Å². The zero-order chi connectivity index (χ0) is 21.5. The van der Waals surface area contributed by atoms with Gasteiger partial charge in [0, 0.05) is 16.3 Å². The first-order chi connectivity index (χ1) is 14.5. The molecule has 30 heavy (non-hydrogen) atoms. The Bertz CT molecular complexity index is 1130. The summed E-state index contributed by atoms with van der Waals surface area (Å²) in [5.41, 5.74) is 3.59. The molecule has 150 valence electrons. The molecule has 0 aliphatic rings. The average Bonchev–Trinajstić information content (AvgIpc) is 2.73. The predicted octanol–water partition coefficient (Wildman–Crippen LogP) is 6.38. The van der Waals surface area contributed by atoms with E-state index in [-0.39, 0.29) is 12.5 Å². The van der Waals surface area contributed by atoms with Gasteiger partial charge in [0.2, 0.25) is 0 Å². The fourth-order valence-corrected chi connectivity index (χ4v) is 3.20. The van der Waals surface area contributed by atoms with Crippen molar-refractivity contribution in [1.82, 2.24) is 0 Å². The summed E-state index contributed by atoms with van der Waals surface area (Å²) in [6.45, 7) is 1.80. The number of nitriles is 1. The number of halogens is 2. The fourth-order valence-electron chi connectivity index (χ4n) is 2.72. The minimum absolute atomic E-state index is 0.175. The van der Waals surface area contributed by atoms with Crippen molar-refractivity contribution in [2.75, 3.05) is 11.9 Å². The van der Waals surface area contributed by atoms with Crippen molar-refractivity contribution in [1.29, 1.82) is 5.26 Å². The molecule has 0 radical (unpaired) electrons. The van der Waals surface area contributed by atoms with Crippen LogP contribution in [-0.4, -0.2) is 12.5 Å². The van der Waals surface area contributed by atoms with Gasteiger partial charge in [0.05, 0.1) is 16.7 Å². The Morgan fingerprint density at radius 3 is 2.47 bits per heavy atom. The van der Waals surface area contributed by atoms with Crippen LogP contribution in [0.3, 0.4) is 0 Å². The molecule has 0 aromatic heterocycles. The van der Waals surface area contributed by atoms with Crippen LogP contribution in [0, 0.1) is 18.3 Å². The van der Waals surface area contributed by atoms with Crippen LogP contribution in [-0.2, 0) is 4.79 Å². The van der Waals surface area contributed by atoms with Gasteiger partial charge >= 0.3 is 0 Å². The van der Waals surface area contributed by atoms with Crippen LogP contribution in [0.2, 0.25) is 10.0 Å². The van der Waals surface area contributed by atoms with Crippen LogP contribution in [0.5, 0.6) is 5.75 Å². The van der Waals surface area contributed by atoms with Crippen molar-refractivity contribution in [3.63, 3.8) is 0 Å². The molecule has 0 atom stereocenters. The third kappa shape index (κ3) is 5.64. The Balaban J connectivity index is 1.67. The van der Waals surface area contributed by atoms with Crippen LogP contribution in [0.4, 0.5) is 5.69 Å². The van der Waals surface area contributed by atoms with Gasteiger partial charge in [-0.2, -0.15) is 5.26 Å². The number of allylic oxidation sites excluding steroid dienone is 1. The maximum atomic E-state index is 12.1. The molecule has 0 bridgehead atoms. The molecular weight excluding hydrogens is 419 g/mol. The number of aryl methyl sites for hydroxylation is 1. The van der Waals surface area contributed by atoms with Crippen LogP contribution in [0.1, 0.15) is 16.7 Å². The minimum Gasteiger partial charge on any atom is -0.482 e. The van der Waals surface area contributed by atoms with Crippen molar-refractivity contribution in [3.8, 4) is 11.8 Å². The standard InChI is InChI=1S/C24H18Cl2N2O2/c1-16-6-9-19(10-7-16)28-24(29)15-30-23-11-8-17(13-22(23)26)12-18(14-27)20-4-2-3-5-21(20)25/h2-13H,15H2,1H3,(H,28,29). The van der Waals surface area contributed by atoms with E-state index in [1.807, 2.05) is 37.3 Å². The van der Waals surface area contributed by atoms with E-state index in [1.165, 1.54) is 0 Å². The number of hydrogen-bond acceptors (Lipinski definition) is 3. The van der Waals surface area contributed by atoms with Crippen LogP contribution in [0.25, 0.3) is 11.6 Å². The molecule has 3 rings (SSSR count). The molecular formula is C24H18Cl2N2O2. The van der Waals surface area contributed by atoms with Gasteiger partial charge in [0.1, 0.15) is 5.75 Å². The van der Waals surface area contributed by atoms with Crippen molar-refractivity contribution < 1.29 is 9.53 Å². The molecule has 0 spiro atoms. The molecule has 0 heterocycles. The Morgan fingerprint density at radius 2 is 1.80 bits per heavy atom. The summed E-state index contributed by atoms with van der Waals surface area (Å²) in [7, 11) is 0. The lowest BCUT2D eigenvalue weighted by Gasteiger charge is -2.10. The van der Waals surface area contributed by atoms with E-state index in [2.05, 4.69) is 11.4 Å². The van der Waals surface area contributed by atoms with Gasteiger partial charge in [-0.25, -0.2) is 0 Å². The van der Waals surface area contributed by atoms with E-state index in [4.69, 9.17) is 27.9 Å². The number of hydrogen-bond donors (Lipinski definition) is 1. The number of carbonyl (C=O) groups excluding carboxylic acids is 1. The first kappa shape index (κ1) is 21.4. The largest absolute Gasteiger partial charge is 0.482 e. The highest BCUT2D eigenvalue weighted by atomic mass is 35.5. The normalized spacial score (nSPS) is 10.9. The smallest absolute Gasteiger partial charge is 0.262 e. The van der Waals surface area contributed by atoms with E-state index < -0.39 is 0 Å². The number of carbonyl (C=O) groups is 1.